The number of carbonyl (C=O) groups is 3. The van der Waals surface area contributed by atoms with Gasteiger partial charge in [0.1, 0.15) is 11.9 Å². The van der Waals surface area contributed by atoms with E-state index in [1.807, 2.05) is 6.92 Å². The number of anilines is 1. The predicted octanol–water partition coefficient (Wildman–Crippen LogP) is 2.61. The van der Waals surface area contributed by atoms with Crippen molar-refractivity contribution < 1.29 is 28.6 Å². The largest absolute Gasteiger partial charge is 0.480 e. The van der Waals surface area contributed by atoms with Crippen LogP contribution in [0.1, 0.15) is 37.8 Å². The quantitative estimate of drug-likeness (QED) is 0.666. The number of alkyl carbamates (subject to hydrolysis) is 1. The Hall–Kier alpha value is -2.64. The van der Waals surface area contributed by atoms with E-state index in [9.17, 15) is 23.9 Å². The lowest BCUT2D eigenvalue weighted by atomic mass is 9.99. The van der Waals surface area contributed by atoms with Crippen LogP contribution in [0.15, 0.2) is 12.1 Å². The van der Waals surface area contributed by atoms with Crippen LogP contribution in [0.5, 0.6) is 0 Å². The number of aliphatic carboxylic acids is 1. The van der Waals surface area contributed by atoms with Crippen molar-refractivity contribution in [3.8, 4) is 0 Å². The van der Waals surface area contributed by atoms with Crippen LogP contribution in [0.4, 0.5) is 14.9 Å². The van der Waals surface area contributed by atoms with Gasteiger partial charge < -0.3 is 20.5 Å². The fraction of sp³-hybridized carbons (Fsp3) is 0.471. The van der Waals surface area contributed by atoms with Gasteiger partial charge in [0, 0.05) is 12.6 Å². The standard InChI is InChI=1S/C17H23FN2O5/c1-4-7-25-17(24)20-15(16(22)23)6-5-12-8-13(19-11(3)21)9-14(18)10(12)2/h8-9,15H,4-7H2,1-3H3,(H,19,21)(H,20,24)(H,22,23)/t15-/m0/s1. The first-order valence-electron chi connectivity index (χ1n) is 7.97. The van der Waals surface area contributed by atoms with Crippen molar-refractivity contribution >= 4 is 23.7 Å². The fourth-order valence-corrected chi connectivity index (χ4v) is 2.21. The number of aryl methyl sites for hydroxylation is 1. The molecule has 1 rings (SSSR count). The Bertz CT molecular complexity index is 648. The Morgan fingerprint density at radius 1 is 1.32 bits per heavy atom. The van der Waals surface area contributed by atoms with E-state index >= 15 is 0 Å². The molecule has 0 heterocycles. The molecule has 0 radical (unpaired) electrons. The molecule has 25 heavy (non-hydrogen) atoms. The highest BCUT2D eigenvalue weighted by molar-refractivity contribution is 5.88. The molecule has 8 heteroatoms. The Balaban J connectivity index is 2.81. The number of carboxylic acids is 1. The normalized spacial score (nSPS) is 11.5. The molecule has 7 nitrogen and oxygen atoms in total. The van der Waals surface area contributed by atoms with Gasteiger partial charge in [-0.2, -0.15) is 0 Å². The lowest BCUT2D eigenvalue weighted by Gasteiger charge is -2.16. The van der Waals surface area contributed by atoms with Crippen LogP contribution in [0.2, 0.25) is 0 Å². The maximum Gasteiger partial charge on any atom is 0.407 e. The molecule has 0 unspecified atom stereocenters. The van der Waals surface area contributed by atoms with Gasteiger partial charge in [-0.25, -0.2) is 14.0 Å². The van der Waals surface area contributed by atoms with Crippen molar-refractivity contribution in [2.45, 2.75) is 46.1 Å². The van der Waals surface area contributed by atoms with E-state index in [2.05, 4.69) is 10.6 Å². The fourth-order valence-electron chi connectivity index (χ4n) is 2.21. The van der Waals surface area contributed by atoms with E-state index in [0.29, 0.717) is 23.2 Å². The summed E-state index contributed by atoms with van der Waals surface area (Å²) < 4.78 is 18.8. The molecule has 0 fully saturated rings. The number of halogens is 1. The second kappa shape index (κ2) is 9.61. The number of amides is 2. The van der Waals surface area contributed by atoms with Gasteiger partial charge >= 0.3 is 12.1 Å². The molecule has 1 aromatic rings. The highest BCUT2D eigenvalue weighted by Gasteiger charge is 2.21. The van der Waals surface area contributed by atoms with Crippen LogP contribution >= 0.6 is 0 Å². The maximum atomic E-state index is 14.0. The first kappa shape index (κ1) is 20.4. The Morgan fingerprint density at radius 3 is 2.56 bits per heavy atom. The number of carbonyl (C=O) groups excluding carboxylic acids is 2. The molecule has 0 bridgehead atoms. The van der Waals surface area contributed by atoms with E-state index in [1.54, 1.807) is 13.0 Å². The molecule has 138 valence electrons. The Kier molecular flexibility index (Phi) is 7.84. The first-order valence-corrected chi connectivity index (χ1v) is 7.97. The molecule has 3 N–H and O–H groups in total. The second-order valence-corrected chi connectivity index (χ2v) is 5.63. The minimum atomic E-state index is -1.20. The summed E-state index contributed by atoms with van der Waals surface area (Å²) in [6.07, 6.45) is 0.0883. The zero-order valence-electron chi connectivity index (χ0n) is 14.5. The van der Waals surface area contributed by atoms with E-state index in [0.717, 1.165) is 0 Å². The van der Waals surface area contributed by atoms with Gasteiger partial charge in [0.05, 0.1) is 6.61 Å². The summed E-state index contributed by atoms with van der Waals surface area (Å²) in [6, 6.07) is 1.64. The monoisotopic (exact) mass is 354 g/mol. The molecule has 1 aromatic carbocycles. The van der Waals surface area contributed by atoms with Crippen molar-refractivity contribution in [3.63, 3.8) is 0 Å². The molecular weight excluding hydrogens is 331 g/mol. The van der Waals surface area contributed by atoms with Gasteiger partial charge in [-0.3, -0.25) is 4.79 Å². The van der Waals surface area contributed by atoms with Gasteiger partial charge in [0.15, 0.2) is 0 Å². The summed E-state index contributed by atoms with van der Waals surface area (Å²) in [4.78, 5) is 33.9. The number of rotatable bonds is 8. The summed E-state index contributed by atoms with van der Waals surface area (Å²) >= 11 is 0. The lowest BCUT2D eigenvalue weighted by Crippen LogP contribution is -2.41. The van der Waals surface area contributed by atoms with Crippen molar-refractivity contribution in [1.29, 1.82) is 0 Å². The molecular formula is C17H23FN2O5. The van der Waals surface area contributed by atoms with Gasteiger partial charge in [0.25, 0.3) is 0 Å². The van der Waals surface area contributed by atoms with Gasteiger partial charge in [0.2, 0.25) is 5.91 Å². The summed E-state index contributed by atoms with van der Waals surface area (Å²) in [5, 5.41) is 14.0. The molecule has 0 aliphatic heterocycles. The van der Waals surface area contributed by atoms with Crippen molar-refractivity contribution in [2.24, 2.45) is 0 Å². The Labute approximate surface area is 145 Å². The number of nitrogens with one attached hydrogen (secondary N) is 2. The summed E-state index contributed by atoms with van der Waals surface area (Å²) in [5.74, 6) is -2.04. The third-order valence-electron chi connectivity index (χ3n) is 3.50. The van der Waals surface area contributed by atoms with Crippen LogP contribution in [0, 0.1) is 12.7 Å². The van der Waals surface area contributed by atoms with Crippen molar-refractivity contribution in [2.75, 3.05) is 11.9 Å². The molecule has 2 amide bonds. The summed E-state index contributed by atoms with van der Waals surface area (Å²) in [6.45, 7) is 4.90. The van der Waals surface area contributed by atoms with Crippen molar-refractivity contribution in [1.82, 2.24) is 5.32 Å². The summed E-state index contributed by atoms with van der Waals surface area (Å²) in [5.41, 5.74) is 1.22. The second-order valence-electron chi connectivity index (χ2n) is 5.63. The van der Waals surface area contributed by atoms with Crippen molar-refractivity contribution in [3.05, 3.63) is 29.1 Å². The highest BCUT2D eigenvalue weighted by Crippen LogP contribution is 2.21. The SMILES string of the molecule is CCCOC(=O)N[C@@H](CCc1cc(NC(C)=O)cc(F)c1C)C(=O)O. The van der Waals surface area contributed by atoms with Crippen LogP contribution in [0.25, 0.3) is 0 Å². The molecule has 0 saturated heterocycles. The minimum absolute atomic E-state index is 0.0559. The van der Waals surface area contributed by atoms with Gasteiger partial charge in [-0.1, -0.05) is 6.92 Å². The number of hydrogen-bond donors (Lipinski definition) is 3. The highest BCUT2D eigenvalue weighted by atomic mass is 19.1. The predicted molar refractivity (Wildman–Crippen MR) is 90.0 cm³/mol. The third kappa shape index (κ3) is 6.78. The maximum absolute atomic E-state index is 14.0. The third-order valence-corrected chi connectivity index (χ3v) is 3.50. The van der Waals surface area contributed by atoms with Gasteiger partial charge in [-0.05, 0) is 49.4 Å². The average Bonchev–Trinajstić information content (AvgIpc) is 2.52. The topological polar surface area (TPSA) is 105 Å². The molecule has 0 aromatic heterocycles. The molecule has 0 aliphatic rings. The number of benzene rings is 1. The number of carboxylic acid groups (broad SMARTS) is 1. The van der Waals surface area contributed by atoms with E-state index in [1.165, 1.54) is 13.0 Å². The number of ether oxygens (including phenoxy) is 1. The van der Waals surface area contributed by atoms with Crippen LogP contribution < -0.4 is 10.6 Å². The van der Waals surface area contributed by atoms with Crippen LogP contribution in [0.3, 0.4) is 0 Å². The van der Waals surface area contributed by atoms with Crippen LogP contribution in [-0.4, -0.2) is 35.7 Å². The number of hydrogen-bond acceptors (Lipinski definition) is 4. The van der Waals surface area contributed by atoms with Gasteiger partial charge in [-0.15, -0.1) is 0 Å². The van der Waals surface area contributed by atoms with E-state index < -0.39 is 23.9 Å². The van der Waals surface area contributed by atoms with E-state index in [-0.39, 0.29) is 25.4 Å². The first-order chi connectivity index (χ1) is 11.7. The minimum Gasteiger partial charge on any atom is -0.480 e. The summed E-state index contributed by atoms with van der Waals surface area (Å²) in [7, 11) is 0. The lowest BCUT2D eigenvalue weighted by molar-refractivity contribution is -0.139. The molecule has 0 saturated carbocycles. The molecule has 0 aliphatic carbocycles. The average molecular weight is 354 g/mol. The Morgan fingerprint density at radius 2 is 2.00 bits per heavy atom. The smallest absolute Gasteiger partial charge is 0.407 e. The van der Waals surface area contributed by atoms with E-state index in [4.69, 9.17) is 4.74 Å². The van der Waals surface area contributed by atoms with Crippen LogP contribution in [-0.2, 0) is 20.7 Å². The zero-order valence-corrected chi connectivity index (χ0v) is 14.5. The molecule has 1 atom stereocenters. The zero-order chi connectivity index (χ0) is 19.0. The molecule has 0 spiro atoms.